The summed E-state index contributed by atoms with van der Waals surface area (Å²) in [5.74, 6) is -1.49. The van der Waals surface area contributed by atoms with Gasteiger partial charge in [-0.15, -0.1) is 0 Å². The number of amides is 2. The number of esters is 1. The summed E-state index contributed by atoms with van der Waals surface area (Å²) in [7, 11) is 1.49. The van der Waals surface area contributed by atoms with E-state index >= 15 is 0 Å². The molecule has 0 fully saturated rings. The molecular weight excluding hydrogens is 334 g/mol. The zero-order chi connectivity index (χ0) is 17.9. The van der Waals surface area contributed by atoms with Crippen molar-refractivity contribution in [3.05, 3.63) is 29.8 Å². The Balaban J connectivity index is 2.36. The van der Waals surface area contributed by atoms with Crippen molar-refractivity contribution in [3.8, 4) is 0 Å². The number of thiocarbonyl (C=S) groups is 1. The van der Waals surface area contributed by atoms with Crippen LogP contribution in [0, 0.1) is 0 Å². The van der Waals surface area contributed by atoms with Gasteiger partial charge < -0.3 is 25.8 Å². The number of methoxy groups -OCH3 is 1. The van der Waals surface area contributed by atoms with Crippen molar-refractivity contribution in [1.29, 1.82) is 0 Å². The molecule has 0 unspecified atom stereocenters. The first-order valence-electron chi connectivity index (χ1n) is 7.07. The van der Waals surface area contributed by atoms with Gasteiger partial charge in [-0.2, -0.15) is 0 Å². The van der Waals surface area contributed by atoms with Crippen molar-refractivity contribution in [2.24, 2.45) is 5.73 Å². The number of rotatable bonds is 8. The molecule has 0 aliphatic carbocycles. The molecule has 2 amide bonds. The van der Waals surface area contributed by atoms with Crippen molar-refractivity contribution in [2.75, 3.05) is 25.6 Å². The van der Waals surface area contributed by atoms with Gasteiger partial charge in [0.05, 0.1) is 13.0 Å². The van der Waals surface area contributed by atoms with E-state index in [0.717, 1.165) is 0 Å². The van der Waals surface area contributed by atoms with Gasteiger partial charge >= 0.3 is 5.97 Å². The van der Waals surface area contributed by atoms with E-state index in [1.807, 2.05) is 0 Å². The molecule has 0 atom stereocenters. The Bertz CT molecular complexity index is 621. The van der Waals surface area contributed by atoms with E-state index in [1.165, 1.54) is 13.2 Å². The highest BCUT2D eigenvalue weighted by Gasteiger charge is 2.10. The molecule has 0 aromatic heterocycles. The van der Waals surface area contributed by atoms with Gasteiger partial charge in [0.1, 0.15) is 6.61 Å². The second kappa shape index (κ2) is 10.3. The number of nitrogens with two attached hydrogens (primary N) is 1. The molecule has 1 aromatic carbocycles. The molecule has 1 aromatic rings. The summed E-state index contributed by atoms with van der Waals surface area (Å²) in [6, 6.07) is 6.36. The fourth-order valence-electron chi connectivity index (χ4n) is 1.63. The Kier molecular flexibility index (Phi) is 8.37. The first-order chi connectivity index (χ1) is 11.4. The van der Waals surface area contributed by atoms with Crippen LogP contribution >= 0.6 is 12.2 Å². The molecule has 9 heteroatoms. The molecule has 0 bridgehead atoms. The SMILES string of the molecule is COCCOC(=O)CCC(=O)NC(=S)Nc1cccc(C(N)=O)c1. The van der Waals surface area contributed by atoms with E-state index in [0.29, 0.717) is 17.9 Å². The third-order valence-corrected chi connectivity index (χ3v) is 2.97. The Labute approximate surface area is 144 Å². The van der Waals surface area contributed by atoms with Gasteiger partial charge in [-0.3, -0.25) is 14.4 Å². The standard InChI is InChI=1S/C15H19N3O5S/c1-22-7-8-23-13(20)6-5-12(19)18-15(24)17-11-4-2-3-10(9-11)14(16)21/h2-4,9H,5-8H2,1H3,(H2,16,21)(H2,17,18,19,24). The zero-order valence-corrected chi connectivity index (χ0v) is 14.0. The van der Waals surface area contributed by atoms with E-state index in [9.17, 15) is 14.4 Å². The van der Waals surface area contributed by atoms with E-state index in [2.05, 4.69) is 10.6 Å². The molecule has 0 saturated heterocycles. The van der Waals surface area contributed by atoms with Crippen molar-refractivity contribution < 1.29 is 23.9 Å². The first-order valence-corrected chi connectivity index (χ1v) is 7.48. The van der Waals surface area contributed by atoms with Gasteiger partial charge in [0, 0.05) is 24.8 Å². The third kappa shape index (κ3) is 7.65. The number of primary amides is 1. The molecule has 0 saturated carbocycles. The lowest BCUT2D eigenvalue weighted by Crippen LogP contribution is -2.34. The maximum absolute atomic E-state index is 11.7. The van der Waals surface area contributed by atoms with E-state index in [-0.39, 0.29) is 24.6 Å². The number of anilines is 1. The van der Waals surface area contributed by atoms with Crippen LogP contribution in [-0.2, 0) is 19.1 Å². The fraction of sp³-hybridized carbons (Fsp3) is 0.333. The number of carbonyl (C=O) groups excluding carboxylic acids is 3. The Hall–Kier alpha value is -2.52. The molecule has 0 radical (unpaired) electrons. The minimum absolute atomic E-state index is 0.0503. The number of nitrogens with one attached hydrogen (secondary N) is 2. The van der Waals surface area contributed by atoms with Crippen molar-refractivity contribution in [3.63, 3.8) is 0 Å². The third-order valence-electron chi connectivity index (χ3n) is 2.76. The molecular formula is C15H19N3O5S. The van der Waals surface area contributed by atoms with Gasteiger partial charge in [-0.1, -0.05) is 6.07 Å². The molecule has 0 aliphatic heterocycles. The van der Waals surface area contributed by atoms with Crippen LogP contribution in [0.5, 0.6) is 0 Å². The lowest BCUT2D eigenvalue weighted by molar-refractivity contribution is -0.146. The predicted molar refractivity (Wildman–Crippen MR) is 91.4 cm³/mol. The van der Waals surface area contributed by atoms with Crippen LogP contribution in [0.2, 0.25) is 0 Å². The monoisotopic (exact) mass is 353 g/mol. The molecule has 0 spiro atoms. The van der Waals surface area contributed by atoms with Crippen LogP contribution in [0.25, 0.3) is 0 Å². The second-order valence-corrected chi connectivity index (χ2v) is 5.07. The minimum Gasteiger partial charge on any atom is -0.463 e. The topological polar surface area (TPSA) is 120 Å². The smallest absolute Gasteiger partial charge is 0.306 e. The van der Waals surface area contributed by atoms with Crippen LogP contribution in [0.1, 0.15) is 23.2 Å². The molecule has 0 heterocycles. The van der Waals surface area contributed by atoms with Gasteiger partial charge in [0.2, 0.25) is 11.8 Å². The molecule has 1 rings (SSSR count). The molecule has 130 valence electrons. The minimum atomic E-state index is -0.569. The van der Waals surface area contributed by atoms with Crippen molar-refractivity contribution >= 4 is 40.8 Å². The maximum atomic E-state index is 11.7. The summed E-state index contributed by atoms with van der Waals surface area (Å²) in [4.78, 5) is 34.2. The molecule has 8 nitrogen and oxygen atoms in total. The highest BCUT2D eigenvalue weighted by molar-refractivity contribution is 7.80. The highest BCUT2D eigenvalue weighted by Crippen LogP contribution is 2.10. The van der Waals surface area contributed by atoms with Crippen LogP contribution in [-0.4, -0.2) is 43.2 Å². The first kappa shape index (κ1) is 19.5. The van der Waals surface area contributed by atoms with E-state index in [4.69, 9.17) is 27.4 Å². The zero-order valence-electron chi connectivity index (χ0n) is 13.2. The van der Waals surface area contributed by atoms with E-state index < -0.39 is 17.8 Å². The Morgan fingerprint density at radius 1 is 1.21 bits per heavy atom. The average molecular weight is 353 g/mol. The number of benzene rings is 1. The number of hydrogen-bond acceptors (Lipinski definition) is 6. The lowest BCUT2D eigenvalue weighted by Gasteiger charge is -2.10. The van der Waals surface area contributed by atoms with Crippen molar-refractivity contribution in [1.82, 2.24) is 5.32 Å². The largest absolute Gasteiger partial charge is 0.463 e. The normalized spacial score (nSPS) is 9.88. The van der Waals surface area contributed by atoms with Crippen LogP contribution < -0.4 is 16.4 Å². The molecule has 0 aliphatic rings. The highest BCUT2D eigenvalue weighted by atomic mass is 32.1. The average Bonchev–Trinajstić information content (AvgIpc) is 2.53. The van der Waals surface area contributed by atoms with Crippen LogP contribution in [0.4, 0.5) is 5.69 Å². The molecule has 4 N–H and O–H groups in total. The summed E-state index contributed by atoms with van der Waals surface area (Å²) in [6.45, 7) is 0.448. The Morgan fingerprint density at radius 2 is 1.96 bits per heavy atom. The van der Waals surface area contributed by atoms with Crippen molar-refractivity contribution in [2.45, 2.75) is 12.8 Å². The second-order valence-electron chi connectivity index (χ2n) is 4.66. The number of ether oxygens (including phenoxy) is 2. The van der Waals surface area contributed by atoms with E-state index in [1.54, 1.807) is 18.2 Å². The summed E-state index contributed by atoms with van der Waals surface area (Å²) in [6.07, 6.45) is -0.121. The summed E-state index contributed by atoms with van der Waals surface area (Å²) < 4.78 is 9.57. The number of carbonyl (C=O) groups is 3. The maximum Gasteiger partial charge on any atom is 0.306 e. The summed E-state index contributed by atoms with van der Waals surface area (Å²) in [5, 5.41) is 5.24. The predicted octanol–water partition coefficient (Wildman–Crippen LogP) is 0.568. The van der Waals surface area contributed by atoms with Gasteiger partial charge in [-0.05, 0) is 30.4 Å². The summed E-state index contributed by atoms with van der Waals surface area (Å²) in [5.41, 5.74) is 6.01. The lowest BCUT2D eigenvalue weighted by atomic mass is 10.2. The quantitative estimate of drug-likeness (QED) is 0.355. The van der Waals surface area contributed by atoms with Gasteiger partial charge in [-0.25, -0.2) is 0 Å². The fourth-order valence-corrected chi connectivity index (χ4v) is 1.86. The van der Waals surface area contributed by atoms with Gasteiger partial charge in [0.15, 0.2) is 5.11 Å². The number of hydrogen-bond donors (Lipinski definition) is 3. The summed E-state index contributed by atoms with van der Waals surface area (Å²) >= 11 is 4.99. The van der Waals surface area contributed by atoms with Gasteiger partial charge in [0.25, 0.3) is 0 Å². The Morgan fingerprint density at radius 3 is 2.62 bits per heavy atom. The molecule has 24 heavy (non-hydrogen) atoms. The van der Waals surface area contributed by atoms with Crippen LogP contribution in [0.3, 0.4) is 0 Å². The van der Waals surface area contributed by atoms with Crippen LogP contribution in [0.15, 0.2) is 24.3 Å².